The van der Waals surface area contributed by atoms with E-state index in [1.807, 2.05) is 0 Å². The summed E-state index contributed by atoms with van der Waals surface area (Å²) in [4.78, 5) is 22.9. The molecule has 1 atom stereocenters. The highest BCUT2D eigenvalue weighted by molar-refractivity contribution is 6.37. The van der Waals surface area contributed by atoms with E-state index in [0.29, 0.717) is 11.6 Å². The summed E-state index contributed by atoms with van der Waals surface area (Å²) in [6.45, 7) is 2.29. The number of benzene rings is 1. The zero-order valence-electron chi connectivity index (χ0n) is 9.74. The van der Waals surface area contributed by atoms with Gasteiger partial charge in [0.2, 0.25) is 0 Å². The maximum atomic E-state index is 12.1. The first-order chi connectivity index (χ1) is 8.45. The molecule has 1 aromatic rings. The van der Waals surface area contributed by atoms with E-state index in [4.69, 9.17) is 28.3 Å². The van der Waals surface area contributed by atoms with E-state index in [-0.39, 0.29) is 22.8 Å². The van der Waals surface area contributed by atoms with Gasteiger partial charge in [0.25, 0.3) is 0 Å². The normalized spacial score (nSPS) is 12.2. The fourth-order valence-corrected chi connectivity index (χ4v) is 2.06. The monoisotopic (exact) mass is 289 g/mol. The molecule has 0 aromatic heterocycles. The summed E-state index contributed by atoms with van der Waals surface area (Å²) in [6, 6.07) is 3.72. The lowest BCUT2D eigenvalue weighted by Gasteiger charge is -2.15. The Labute approximate surface area is 115 Å². The third-order valence-corrected chi connectivity index (χ3v) is 2.89. The van der Waals surface area contributed by atoms with Gasteiger partial charge in [0.05, 0.1) is 17.5 Å². The van der Waals surface area contributed by atoms with Crippen molar-refractivity contribution in [1.29, 1.82) is 0 Å². The molecule has 0 fully saturated rings. The molecule has 0 saturated heterocycles. The minimum atomic E-state index is -1.04. The van der Waals surface area contributed by atoms with Crippen molar-refractivity contribution in [2.24, 2.45) is 0 Å². The molecule has 2 N–H and O–H groups in total. The van der Waals surface area contributed by atoms with Crippen LogP contribution in [-0.4, -0.2) is 29.4 Å². The first-order valence-electron chi connectivity index (χ1n) is 5.40. The highest BCUT2D eigenvalue weighted by atomic mass is 35.5. The molecule has 0 aliphatic carbocycles. The Morgan fingerprint density at radius 2 is 2.06 bits per heavy atom. The van der Waals surface area contributed by atoms with Gasteiger partial charge in [0.15, 0.2) is 5.78 Å². The van der Waals surface area contributed by atoms with Crippen LogP contribution in [0.3, 0.4) is 0 Å². The number of likely N-dealkylation sites (N-methyl/N-ethyl adjacent to an activating group) is 1. The van der Waals surface area contributed by atoms with Gasteiger partial charge >= 0.3 is 5.97 Å². The van der Waals surface area contributed by atoms with Crippen molar-refractivity contribution in [2.45, 2.75) is 19.4 Å². The Kier molecular flexibility index (Phi) is 5.59. The Bertz CT molecular complexity index is 463. The lowest BCUT2D eigenvalue weighted by molar-refractivity contribution is -0.137. The van der Waals surface area contributed by atoms with Gasteiger partial charge in [-0.15, -0.1) is 0 Å². The molecule has 0 radical (unpaired) electrons. The number of nitrogens with one attached hydrogen (secondary N) is 1. The second-order valence-corrected chi connectivity index (χ2v) is 4.54. The number of hydrogen-bond acceptors (Lipinski definition) is 3. The molecule has 1 unspecified atom stereocenters. The van der Waals surface area contributed by atoms with E-state index in [1.165, 1.54) is 12.1 Å². The Hall–Kier alpha value is -1.10. The number of rotatable bonds is 6. The van der Waals surface area contributed by atoms with Crippen LogP contribution in [0.1, 0.15) is 23.7 Å². The maximum absolute atomic E-state index is 12.1. The lowest BCUT2D eigenvalue weighted by Crippen LogP contribution is -2.38. The Balaban J connectivity index is 2.97. The number of ketones is 1. The first-order valence-corrected chi connectivity index (χ1v) is 6.15. The van der Waals surface area contributed by atoms with Crippen molar-refractivity contribution >= 4 is 35.0 Å². The third-order valence-electron chi connectivity index (χ3n) is 2.34. The zero-order valence-corrected chi connectivity index (χ0v) is 11.3. The average molecular weight is 290 g/mol. The fraction of sp³-hybridized carbons (Fsp3) is 0.333. The number of hydrogen-bond donors (Lipinski definition) is 2. The quantitative estimate of drug-likeness (QED) is 0.790. The molecule has 6 heteroatoms. The lowest BCUT2D eigenvalue weighted by atomic mass is 10.0. The van der Waals surface area contributed by atoms with Crippen LogP contribution in [0, 0.1) is 0 Å². The molecule has 1 aromatic carbocycles. The molecule has 4 nitrogen and oxygen atoms in total. The molecule has 0 heterocycles. The predicted molar refractivity (Wildman–Crippen MR) is 70.5 cm³/mol. The molecule has 0 spiro atoms. The first kappa shape index (κ1) is 15.0. The molecule has 0 bridgehead atoms. The van der Waals surface area contributed by atoms with Crippen molar-refractivity contribution in [1.82, 2.24) is 5.32 Å². The molecule has 1 rings (SSSR count). The van der Waals surface area contributed by atoms with Gasteiger partial charge in [-0.05, 0) is 24.7 Å². The SMILES string of the molecule is CCNC(CC(=O)O)C(=O)c1ccc(Cl)cc1Cl. The van der Waals surface area contributed by atoms with Crippen molar-refractivity contribution in [2.75, 3.05) is 6.54 Å². The smallest absolute Gasteiger partial charge is 0.305 e. The highest BCUT2D eigenvalue weighted by Crippen LogP contribution is 2.22. The van der Waals surface area contributed by atoms with E-state index < -0.39 is 12.0 Å². The van der Waals surface area contributed by atoms with Gasteiger partial charge in [0.1, 0.15) is 0 Å². The van der Waals surface area contributed by atoms with E-state index in [1.54, 1.807) is 13.0 Å². The summed E-state index contributed by atoms with van der Waals surface area (Å²) in [6.07, 6.45) is -0.286. The van der Waals surface area contributed by atoms with Gasteiger partial charge < -0.3 is 10.4 Å². The second-order valence-electron chi connectivity index (χ2n) is 3.70. The summed E-state index contributed by atoms with van der Waals surface area (Å²) in [7, 11) is 0. The van der Waals surface area contributed by atoms with Gasteiger partial charge in [-0.2, -0.15) is 0 Å². The van der Waals surface area contributed by atoms with Crippen LogP contribution in [0.4, 0.5) is 0 Å². The van der Waals surface area contributed by atoms with E-state index in [0.717, 1.165) is 0 Å². The topological polar surface area (TPSA) is 66.4 Å². The number of aliphatic carboxylic acids is 1. The standard InChI is InChI=1S/C12H13Cl2NO3/c1-2-15-10(6-11(16)17)12(18)8-4-3-7(13)5-9(8)14/h3-5,10,15H,2,6H2,1H3,(H,16,17). The minimum Gasteiger partial charge on any atom is -0.481 e. The molecular weight excluding hydrogens is 277 g/mol. The summed E-state index contributed by atoms with van der Waals surface area (Å²) < 4.78 is 0. The molecule has 0 saturated carbocycles. The number of carboxylic acid groups (broad SMARTS) is 1. The molecule has 18 heavy (non-hydrogen) atoms. The molecule has 0 aliphatic heterocycles. The molecular formula is C12H13Cl2NO3. The number of Topliss-reactive ketones (excluding diaryl/α,β-unsaturated/α-hetero) is 1. The number of carbonyl (C=O) groups is 2. The van der Waals surface area contributed by atoms with Gasteiger partial charge in [0, 0.05) is 10.6 Å². The van der Waals surface area contributed by atoms with E-state index in [2.05, 4.69) is 5.32 Å². The van der Waals surface area contributed by atoms with Crippen LogP contribution < -0.4 is 5.32 Å². The van der Waals surface area contributed by atoms with Crippen LogP contribution in [0.2, 0.25) is 10.0 Å². The largest absolute Gasteiger partial charge is 0.481 e. The zero-order chi connectivity index (χ0) is 13.7. The van der Waals surface area contributed by atoms with Crippen molar-refractivity contribution in [3.05, 3.63) is 33.8 Å². The fourth-order valence-electron chi connectivity index (χ4n) is 1.56. The van der Waals surface area contributed by atoms with Crippen molar-refractivity contribution < 1.29 is 14.7 Å². The van der Waals surface area contributed by atoms with Crippen LogP contribution in [-0.2, 0) is 4.79 Å². The van der Waals surface area contributed by atoms with Crippen LogP contribution >= 0.6 is 23.2 Å². The number of carboxylic acids is 1. The summed E-state index contributed by atoms with van der Waals surface area (Å²) >= 11 is 11.7. The average Bonchev–Trinajstić information content (AvgIpc) is 2.27. The van der Waals surface area contributed by atoms with Crippen molar-refractivity contribution in [3.63, 3.8) is 0 Å². The van der Waals surface area contributed by atoms with Crippen molar-refractivity contribution in [3.8, 4) is 0 Å². The van der Waals surface area contributed by atoms with Crippen LogP contribution in [0.15, 0.2) is 18.2 Å². The van der Waals surface area contributed by atoms with E-state index in [9.17, 15) is 9.59 Å². The Morgan fingerprint density at radius 1 is 1.39 bits per heavy atom. The highest BCUT2D eigenvalue weighted by Gasteiger charge is 2.23. The number of halogens is 2. The minimum absolute atomic E-state index is 0.223. The Morgan fingerprint density at radius 3 is 2.56 bits per heavy atom. The summed E-state index contributed by atoms with van der Waals surface area (Å²) in [5.74, 6) is -1.39. The maximum Gasteiger partial charge on any atom is 0.305 e. The summed E-state index contributed by atoms with van der Waals surface area (Å²) in [5.41, 5.74) is 0.272. The molecule has 0 aliphatic rings. The van der Waals surface area contributed by atoms with Gasteiger partial charge in [-0.25, -0.2) is 0 Å². The molecule has 98 valence electrons. The predicted octanol–water partition coefficient (Wildman–Crippen LogP) is 2.63. The van der Waals surface area contributed by atoms with Gasteiger partial charge in [-0.3, -0.25) is 9.59 Å². The van der Waals surface area contributed by atoms with E-state index >= 15 is 0 Å². The molecule has 0 amide bonds. The van der Waals surface area contributed by atoms with Crippen LogP contribution in [0.5, 0.6) is 0 Å². The number of carbonyl (C=O) groups excluding carboxylic acids is 1. The summed E-state index contributed by atoms with van der Waals surface area (Å²) in [5, 5.41) is 12.3. The second kappa shape index (κ2) is 6.73. The van der Waals surface area contributed by atoms with Gasteiger partial charge in [-0.1, -0.05) is 30.1 Å². The van der Waals surface area contributed by atoms with Crippen LogP contribution in [0.25, 0.3) is 0 Å². The third kappa shape index (κ3) is 3.98.